The van der Waals surface area contributed by atoms with Gasteiger partial charge in [-0.2, -0.15) is 0 Å². The third kappa shape index (κ3) is 3.95. The molecule has 0 saturated carbocycles. The van der Waals surface area contributed by atoms with Crippen molar-refractivity contribution in [3.63, 3.8) is 0 Å². The van der Waals surface area contributed by atoms with Gasteiger partial charge < -0.3 is 14.6 Å². The van der Waals surface area contributed by atoms with Crippen LogP contribution in [0.25, 0.3) is 0 Å². The molecule has 0 aromatic carbocycles. The lowest BCUT2D eigenvalue weighted by molar-refractivity contribution is -0.0366. The summed E-state index contributed by atoms with van der Waals surface area (Å²) in [5.41, 5.74) is 1.13. The van der Waals surface area contributed by atoms with E-state index in [-0.39, 0.29) is 6.10 Å². The average Bonchev–Trinajstić information content (AvgIpc) is 3.08. The van der Waals surface area contributed by atoms with Gasteiger partial charge in [-0.15, -0.1) is 11.3 Å². The molecule has 1 fully saturated rings. The van der Waals surface area contributed by atoms with Crippen molar-refractivity contribution in [1.29, 1.82) is 0 Å². The average molecular weight is 320 g/mol. The van der Waals surface area contributed by atoms with Gasteiger partial charge in [0.25, 0.3) is 0 Å². The Hall–Kier alpha value is -1.21. The Balaban J connectivity index is 1.61. The molecule has 0 bridgehead atoms. The molecular weight excluding hydrogens is 296 g/mol. The number of aryl methyl sites for hydroxylation is 1. The summed E-state index contributed by atoms with van der Waals surface area (Å²) in [5.74, 6) is 0.948. The Kier molecular flexibility index (Phi) is 4.93. The molecule has 1 aliphatic heterocycles. The molecule has 1 saturated heterocycles. The summed E-state index contributed by atoms with van der Waals surface area (Å²) >= 11 is 1.88. The van der Waals surface area contributed by atoms with Crippen LogP contribution < -0.4 is 0 Å². The number of rotatable bonds is 5. The van der Waals surface area contributed by atoms with Crippen LogP contribution in [-0.4, -0.2) is 53.6 Å². The van der Waals surface area contributed by atoms with Crippen molar-refractivity contribution in [3.05, 3.63) is 39.6 Å². The van der Waals surface area contributed by atoms with Gasteiger partial charge in [-0.3, -0.25) is 4.90 Å². The maximum absolute atomic E-state index is 5.91. The van der Waals surface area contributed by atoms with E-state index >= 15 is 0 Å². The molecule has 1 atom stereocenters. The molecule has 0 unspecified atom stereocenters. The SMILES string of the molecule is Cc1ccc(CN2CCO[C@H](c3ncc(CN(C)C)[nH]3)C2)s1. The number of hydrogen-bond donors (Lipinski definition) is 1. The predicted molar refractivity (Wildman–Crippen MR) is 89.0 cm³/mol. The Morgan fingerprint density at radius 1 is 1.45 bits per heavy atom. The van der Waals surface area contributed by atoms with Crippen molar-refractivity contribution in [2.45, 2.75) is 26.1 Å². The zero-order valence-electron chi connectivity index (χ0n) is 13.5. The molecule has 1 aliphatic rings. The van der Waals surface area contributed by atoms with Crippen LogP contribution >= 0.6 is 11.3 Å². The minimum atomic E-state index is 0.0470. The lowest BCUT2D eigenvalue weighted by Gasteiger charge is -2.31. The van der Waals surface area contributed by atoms with Crippen LogP contribution in [0.2, 0.25) is 0 Å². The molecule has 5 nitrogen and oxygen atoms in total. The highest BCUT2D eigenvalue weighted by Crippen LogP contribution is 2.23. The smallest absolute Gasteiger partial charge is 0.136 e. The first-order chi connectivity index (χ1) is 10.6. The van der Waals surface area contributed by atoms with Gasteiger partial charge in [-0.25, -0.2) is 4.98 Å². The second kappa shape index (κ2) is 6.91. The Morgan fingerprint density at radius 3 is 3.05 bits per heavy atom. The summed E-state index contributed by atoms with van der Waals surface area (Å²) in [6.45, 7) is 6.68. The first kappa shape index (κ1) is 15.7. The monoisotopic (exact) mass is 320 g/mol. The fraction of sp³-hybridized carbons (Fsp3) is 0.562. The molecular formula is C16H24N4OS. The number of morpholine rings is 1. The van der Waals surface area contributed by atoms with Crippen molar-refractivity contribution in [1.82, 2.24) is 19.8 Å². The van der Waals surface area contributed by atoms with Crippen LogP contribution in [0.3, 0.4) is 0 Å². The Labute approximate surface area is 135 Å². The van der Waals surface area contributed by atoms with E-state index in [1.807, 2.05) is 17.5 Å². The summed E-state index contributed by atoms with van der Waals surface area (Å²) in [7, 11) is 4.12. The van der Waals surface area contributed by atoms with E-state index in [9.17, 15) is 0 Å². The molecule has 2 aromatic rings. The third-order valence-corrected chi connectivity index (χ3v) is 4.75. The quantitative estimate of drug-likeness (QED) is 0.919. The largest absolute Gasteiger partial charge is 0.368 e. The second-order valence-corrected chi connectivity index (χ2v) is 7.51. The molecule has 1 N–H and O–H groups in total. The number of aromatic amines is 1. The molecule has 2 aromatic heterocycles. The molecule has 0 amide bonds. The van der Waals surface area contributed by atoms with Crippen molar-refractivity contribution < 1.29 is 4.74 Å². The van der Waals surface area contributed by atoms with Crippen LogP contribution in [0, 0.1) is 6.92 Å². The molecule has 120 valence electrons. The van der Waals surface area contributed by atoms with E-state index in [4.69, 9.17) is 4.74 Å². The number of nitrogens with one attached hydrogen (secondary N) is 1. The number of hydrogen-bond acceptors (Lipinski definition) is 5. The number of thiophene rings is 1. The number of nitrogens with zero attached hydrogens (tertiary/aromatic N) is 3. The molecule has 3 rings (SSSR count). The van der Waals surface area contributed by atoms with E-state index in [2.05, 4.69) is 52.9 Å². The van der Waals surface area contributed by atoms with Crippen LogP contribution in [0.5, 0.6) is 0 Å². The zero-order valence-corrected chi connectivity index (χ0v) is 14.3. The van der Waals surface area contributed by atoms with Crippen molar-refractivity contribution in [2.24, 2.45) is 0 Å². The van der Waals surface area contributed by atoms with Gasteiger partial charge in [-0.05, 0) is 33.2 Å². The van der Waals surface area contributed by atoms with E-state index in [1.165, 1.54) is 9.75 Å². The predicted octanol–water partition coefficient (Wildman–Crippen LogP) is 2.41. The highest BCUT2D eigenvalue weighted by Gasteiger charge is 2.24. The van der Waals surface area contributed by atoms with Crippen LogP contribution in [0.4, 0.5) is 0 Å². The number of aromatic nitrogens is 2. The highest BCUT2D eigenvalue weighted by atomic mass is 32.1. The number of H-pyrrole nitrogens is 1. The van der Waals surface area contributed by atoms with Crippen LogP contribution in [0.15, 0.2) is 18.3 Å². The summed E-state index contributed by atoms with van der Waals surface area (Å²) in [5, 5.41) is 0. The Bertz CT molecular complexity index is 607. The lowest BCUT2D eigenvalue weighted by Crippen LogP contribution is -2.38. The second-order valence-electron chi connectivity index (χ2n) is 6.14. The summed E-state index contributed by atoms with van der Waals surface area (Å²) in [6, 6.07) is 4.42. The Morgan fingerprint density at radius 2 is 2.32 bits per heavy atom. The van der Waals surface area contributed by atoms with Gasteiger partial charge in [0.2, 0.25) is 0 Å². The van der Waals surface area contributed by atoms with Crippen molar-refractivity contribution in [2.75, 3.05) is 33.8 Å². The summed E-state index contributed by atoms with van der Waals surface area (Å²) < 4.78 is 5.91. The topological polar surface area (TPSA) is 44.4 Å². The van der Waals surface area contributed by atoms with E-state index in [0.717, 1.165) is 44.3 Å². The molecule has 3 heterocycles. The minimum Gasteiger partial charge on any atom is -0.368 e. The zero-order chi connectivity index (χ0) is 15.5. The first-order valence-electron chi connectivity index (χ1n) is 7.68. The highest BCUT2D eigenvalue weighted by molar-refractivity contribution is 7.11. The van der Waals surface area contributed by atoms with Gasteiger partial charge in [0.1, 0.15) is 11.9 Å². The molecule has 0 aliphatic carbocycles. The molecule has 0 spiro atoms. The van der Waals surface area contributed by atoms with Gasteiger partial charge in [-0.1, -0.05) is 0 Å². The third-order valence-electron chi connectivity index (χ3n) is 3.77. The minimum absolute atomic E-state index is 0.0470. The fourth-order valence-electron chi connectivity index (χ4n) is 2.76. The summed E-state index contributed by atoms with van der Waals surface area (Å²) in [4.78, 5) is 15.3. The van der Waals surface area contributed by atoms with Gasteiger partial charge in [0.15, 0.2) is 0 Å². The lowest BCUT2D eigenvalue weighted by atomic mass is 10.2. The molecule has 22 heavy (non-hydrogen) atoms. The van der Waals surface area contributed by atoms with Gasteiger partial charge in [0, 0.05) is 47.8 Å². The normalized spacial score (nSPS) is 19.9. The van der Waals surface area contributed by atoms with Crippen LogP contribution in [0.1, 0.15) is 27.4 Å². The maximum atomic E-state index is 5.91. The van der Waals surface area contributed by atoms with E-state index < -0.39 is 0 Å². The first-order valence-corrected chi connectivity index (χ1v) is 8.49. The molecule has 0 radical (unpaired) electrons. The standard InChI is InChI=1S/C16H24N4OS/c1-12-4-5-14(22-12)10-20-6-7-21-15(11-20)16-17-8-13(18-16)9-19(2)3/h4-5,8,15H,6-7,9-11H2,1-3H3,(H,17,18)/t15-/m0/s1. The van der Waals surface area contributed by atoms with Gasteiger partial charge >= 0.3 is 0 Å². The van der Waals surface area contributed by atoms with Crippen LogP contribution in [-0.2, 0) is 17.8 Å². The maximum Gasteiger partial charge on any atom is 0.136 e. The van der Waals surface area contributed by atoms with E-state index in [0.29, 0.717) is 0 Å². The van der Waals surface area contributed by atoms with E-state index in [1.54, 1.807) is 0 Å². The number of ether oxygens (including phenoxy) is 1. The fourth-order valence-corrected chi connectivity index (χ4v) is 3.70. The van der Waals surface area contributed by atoms with Gasteiger partial charge in [0.05, 0.1) is 6.61 Å². The number of imidazole rings is 1. The van der Waals surface area contributed by atoms with Crippen molar-refractivity contribution in [3.8, 4) is 0 Å². The summed E-state index contributed by atoms with van der Waals surface area (Å²) in [6.07, 6.45) is 1.96. The van der Waals surface area contributed by atoms with Crippen molar-refractivity contribution >= 4 is 11.3 Å². The molecule has 6 heteroatoms.